The molecule has 31 nitrogen and oxygen atoms in total. The Kier molecular flexibility index (Phi) is 33.9. The summed E-state index contributed by atoms with van der Waals surface area (Å²) in [4.78, 5) is 185. The van der Waals surface area contributed by atoms with Gasteiger partial charge in [0.2, 0.25) is 76.8 Å². The van der Waals surface area contributed by atoms with Gasteiger partial charge in [-0.05, 0) is 119 Å². The molecule has 0 radical (unpaired) electrons. The maximum absolute atomic E-state index is 14.7. The molecule has 0 unspecified atom stereocenters. The lowest BCUT2D eigenvalue weighted by Gasteiger charge is -2.32. The summed E-state index contributed by atoms with van der Waals surface area (Å²) in [5, 5.41) is 21.1. The number of unbranched alkanes of at least 4 members (excludes halogenated alkanes) is 1. The van der Waals surface area contributed by atoms with Gasteiger partial charge in [-0.25, -0.2) is 0 Å². The Bertz CT molecular complexity index is 2960. The molecule has 95 heavy (non-hydrogen) atoms. The van der Waals surface area contributed by atoms with Crippen LogP contribution >= 0.6 is 11.8 Å². The summed E-state index contributed by atoms with van der Waals surface area (Å²) in [5.41, 5.74) is 40.6. The molecule has 0 bridgehead atoms. The van der Waals surface area contributed by atoms with E-state index < -0.39 is 169 Å². The lowest BCUT2D eigenvalue weighted by Crippen LogP contribution is -2.60. The van der Waals surface area contributed by atoms with Gasteiger partial charge >= 0.3 is 0 Å². The Hall–Kier alpha value is -8.91. The summed E-state index contributed by atoms with van der Waals surface area (Å²) in [6.45, 7) is 3.86. The van der Waals surface area contributed by atoms with Gasteiger partial charge in [-0.15, -0.1) is 0 Å². The quantitative estimate of drug-likeness (QED) is 0.0173. The molecule has 2 fully saturated rings. The Labute approximate surface area is 558 Å². The van der Waals surface area contributed by atoms with Gasteiger partial charge in [0, 0.05) is 45.3 Å². The third kappa shape index (κ3) is 27.5. The smallest absolute Gasteiger partial charge is 0.245 e. The normalized spacial score (nSPS) is 16.8. The maximum Gasteiger partial charge on any atom is 0.245 e. The van der Waals surface area contributed by atoms with E-state index in [1.54, 1.807) is 60.7 Å². The van der Waals surface area contributed by atoms with Crippen LogP contribution in [0.15, 0.2) is 65.7 Å². The average molecular weight is 1350 g/mol. The van der Waals surface area contributed by atoms with E-state index >= 15 is 0 Å². The Morgan fingerprint density at radius 1 is 0.537 bits per heavy atom. The Morgan fingerprint density at radius 2 is 1.01 bits per heavy atom. The Morgan fingerprint density at radius 3 is 1.51 bits per heavy atom. The highest BCUT2D eigenvalue weighted by molar-refractivity contribution is 7.98. The first-order valence-corrected chi connectivity index (χ1v) is 33.6. The van der Waals surface area contributed by atoms with E-state index in [9.17, 15) is 62.3 Å². The summed E-state index contributed by atoms with van der Waals surface area (Å²) in [5.74, 6) is -9.80. The number of hydrogen-bond acceptors (Lipinski definition) is 17. The minimum absolute atomic E-state index is 0.0736. The van der Waals surface area contributed by atoms with Crippen LogP contribution in [0.4, 0.5) is 0 Å². The van der Waals surface area contributed by atoms with Crippen LogP contribution in [0.2, 0.25) is 0 Å². The van der Waals surface area contributed by atoms with Crippen molar-refractivity contribution < 1.29 is 62.3 Å². The molecular weight excluding hydrogens is 1250 g/mol. The molecule has 22 N–H and O–H groups in total. The number of guanidine groups is 1. The summed E-state index contributed by atoms with van der Waals surface area (Å²) in [6, 6.07) is 4.51. The van der Waals surface area contributed by atoms with Crippen molar-refractivity contribution in [1.82, 2.24) is 52.3 Å². The molecule has 2 saturated heterocycles. The molecule has 10 atom stereocenters. The number of amides is 13. The fourth-order valence-corrected chi connectivity index (χ4v) is 11.5. The van der Waals surface area contributed by atoms with E-state index in [-0.39, 0.29) is 83.0 Å². The molecule has 0 aromatic heterocycles. The summed E-state index contributed by atoms with van der Waals surface area (Å²) >= 11 is 1.45. The van der Waals surface area contributed by atoms with E-state index in [0.717, 1.165) is 0 Å². The standard InChI is InChI=1S/C63H98N18O13S/c1-37(2)33-45(57(89)74-41(53(68)85)27-32-95-3)73-52(84)36-72-54(86)46(34-38-15-6-4-7-16-38)78-58(90)47(35-39-17-8-5-9-18-39)79-56(88)42(23-25-50(66)82)75-55(87)43(24-26-51(67)83)76-59(91)49-22-14-31-81(49)62(94)44(20-10-11-28-64)77-60(92)48-21-13-30-80(48)61(93)40(65)19-12-29-71-63(69)70/h4-9,15-18,37,40-49H,10-14,19-36,64-65H2,1-3H3,(H2,66,82)(H2,67,83)(H2,68,85)(H,72,86)(H,73,84)(H,74,89)(H,75,87)(H,76,91)(H,77,92)(H,78,90)(H,79,88)(H4,69,70,71)/t40-,41+,42-,43-,44-,45-,46-,47-,48-,49-/m0/s1. The number of nitrogens with two attached hydrogens (primary N) is 7. The first-order chi connectivity index (χ1) is 45.2. The second-order valence-corrected chi connectivity index (χ2v) is 25.1. The lowest BCUT2D eigenvalue weighted by atomic mass is 10.0. The zero-order valence-corrected chi connectivity index (χ0v) is 55.3. The van der Waals surface area contributed by atoms with Crippen LogP contribution in [0, 0.1) is 5.92 Å². The number of carbonyl (C=O) groups is 13. The van der Waals surface area contributed by atoms with Gasteiger partial charge in [0.1, 0.15) is 54.4 Å². The van der Waals surface area contributed by atoms with Crippen LogP contribution in [-0.2, 0) is 75.2 Å². The second-order valence-electron chi connectivity index (χ2n) is 24.1. The van der Waals surface area contributed by atoms with Crippen molar-refractivity contribution in [1.29, 1.82) is 0 Å². The molecule has 2 aromatic carbocycles. The molecule has 4 rings (SSSR count). The average Bonchev–Trinajstić information content (AvgIpc) is 1.74. The van der Waals surface area contributed by atoms with Gasteiger partial charge in [-0.2, -0.15) is 11.8 Å². The highest BCUT2D eigenvalue weighted by atomic mass is 32.2. The van der Waals surface area contributed by atoms with Crippen molar-refractivity contribution in [2.75, 3.05) is 44.7 Å². The summed E-state index contributed by atoms with van der Waals surface area (Å²) in [7, 11) is 0. The number of carbonyl (C=O) groups excluding carboxylic acids is 13. The van der Waals surface area contributed by atoms with Gasteiger partial charge in [-0.1, -0.05) is 74.5 Å². The maximum atomic E-state index is 14.7. The van der Waals surface area contributed by atoms with E-state index in [2.05, 4.69) is 47.5 Å². The highest BCUT2D eigenvalue weighted by Crippen LogP contribution is 2.24. The minimum Gasteiger partial charge on any atom is -0.370 e. The van der Waals surface area contributed by atoms with Crippen molar-refractivity contribution in [3.05, 3.63) is 71.8 Å². The summed E-state index contributed by atoms with van der Waals surface area (Å²) in [6.07, 6.45) is 3.12. The second kappa shape index (κ2) is 41.0. The van der Waals surface area contributed by atoms with Crippen molar-refractivity contribution in [3.8, 4) is 0 Å². The molecule has 13 amide bonds. The van der Waals surface area contributed by atoms with E-state index in [1.165, 1.54) is 21.6 Å². The number of nitrogens with one attached hydrogen (secondary N) is 8. The number of hydrogen-bond donors (Lipinski definition) is 15. The SMILES string of the molecule is CSCC[C@@H](NC(=O)[C@H](CC(C)C)NC(=O)CNC(=O)[C@H](Cc1ccccc1)NC(=O)[C@H](Cc1ccccc1)NC(=O)[C@H](CCC(N)=O)NC(=O)[C@H](CCC(N)=O)NC(=O)[C@@H]1CCCN1C(=O)[C@H](CCCCN)NC(=O)[C@@H]1CCCN1C(=O)[C@@H](N)CCCN=C(N)N)C(N)=O. The molecule has 524 valence electrons. The zero-order chi connectivity index (χ0) is 70.1. The van der Waals surface area contributed by atoms with E-state index in [1.807, 2.05) is 20.1 Å². The molecular formula is C63H98N18O13S. The van der Waals surface area contributed by atoms with E-state index in [4.69, 9.17) is 40.1 Å². The fourth-order valence-electron chi connectivity index (χ4n) is 11.0. The van der Waals surface area contributed by atoms with Crippen LogP contribution in [0.1, 0.15) is 121 Å². The molecule has 0 saturated carbocycles. The first kappa shape index (κ1) is 78.5. The van der Waals surface area contributed by atoms with Crippen LogP contribution in [-0.4, -0.2) is 198 Å². The summed E-state index contributed by atoms with van der Waals surface area (Å²) < 4.78 is 0. The van der Waals surface area contributed by atoms with Crippen LogP contribution < -0.4 is 82.7 Å². The lowest BCUT2D eigenvalue weighted by molar-refractivity contribution is -0.144. The van der Waals surface area contributed by atoms with Gasteiger partial charge in [0.25, 0.3) is 0 Å². The largest absolute Gasteiger partial charge is 0.370 e. The van der Waals surface area contributed by atoms with Gasteiger partial charge in [-0.3, -0.25) is 67.3 Å². The third-order valence-corrected chi connectivity index (χ3v) is 16.7. The van der Waals surface area contributed by atoms with Crippen LogP contribution in [0.3, 0.4) is 0 Å². The van der Waals surface area contributed by atoms with Gasteiger partial charge < -0.3 is 92.5 Å². The molecule has 32 heteroatoms. The number of likely N-dealkylation sites (tertiary alicyclic amines) is 2. The Balaban J connectivity index is 1.56. The molecule has 2 aliphatic heterocycles. The fraction of sp³-hybridized carbons (Fsp3) is 0.587. The van der Waals surface area contributed by atoms with Crippen LogP contribution in [0.25, 0.3) is 0 Å². The minimum atomic E-state index is -1.64. The van der Waals surface area contributed by atoms with Gasteiger partial charge in [0.05, 0.1) is 12.6 Å². The topological polar surface area (TPSA) is 519 Å². The molecule has 0 aliphatic carbocycles. The number of aliphatic imine (C=N–C) groups is 1. The molecule has 2 aromatic rings. The monoisotopic (exact) mass is 1350 g/mol. The molecule has 2 aliphatic rings. The predicted molar refractivity (Wildman–Crippen MR) is 356 cm³/mol. The molecule has 0 spiro atoms. The number of rotatable bonds is 42. The number of thioether (sulfide) groups is 1. The number of nitrogens with zero attached hydrogens (tertiary/aromatic N) is 3. The highest BCUT2D eigenvalue weighted by Gasteiger charge is 2.42. The number of benzene rings is 2. The van der Waals surface area contributed by atoms with Gasteiger partial charge in [0.15, 0.2) is 5.96 Å². The predicted octanol–water partition coefficient (Wildman–Crippen LogP) is -3.71. The number of primary amides is 3. The van der Waals surface area contributed by atoms with Crippen molar-refractivity contribution in [2.24, 2.45) is 51.0 Å². The zero-order valence-electron chi connectivity index (χ0n) is 54.5. The molecule has 2 heterocycles. The van der Waals surface area contributed by atoms with E-state index in [0.29, 0.717) is 55.4 Å². The van der Waals surface area contributed by atoms with Crippen molar-refractivity contribution in [3.63, 3.8) is 0 Å². The third-order valence-electron chi connectivity index (χ3n) is 16.0. The first-order valence-electron chi connectivity index (χ1n) is 32.2. The van der Waals surface area contributed by atoms with Crippen molar-refractivity contribution in [2.45, 2.75) is 183 Å². The van der Waals surface area contributed by atoms with Crippen molar-refractivity contribution >= 4 is 94.5 Å². The van der Waals surface area contributed by atoms with Crippen LogP contribution in [0.5, 0.6) is 0 Å².